The molecule has 0 aliphatic heterocycles. The quantitative estimate of drug-likeness (QED) is 0.833. The number of anilines is 1. The third-order valence-corrected chi connectivity index (χ3v) is 2.54. The molecule has 0 bridgehead atoms. The molecule has 0 amide bonds. The van der Waals surface area contributed by atoms with E-state index < -0.39 is 0 Å². The van der Waals surface area contributed by atoms with Crippen molar-refractivity contribution in [2.45, 2.75) is 19.9 Å². The van der Waals surface area contributed by atoms with Gasteiger partial charge in [0.1, 0.15) is 5.52 Å². The van der Waals surface area contributed by atoms with E-state index in [1.54, 1.807) is 16.9 Å². The van der Waals surface area contributed by atoms with Gasteiger partial charge in [-0.2, -0.15) is 5.10 Å². The van der Waals surface area contributed by atoms with Crippen LogP contribution in [0.15, 0.2) is 24.7 Å². The first-order valence-electron chi connectivity index (χ1n) is 5.40. The van der Waals surface area contributed by atoms with Crippen LogP contribution in [-0.2, 0) is 0 Å². The van der Waals surface area contributed by atoms with Crippen molar-refractivity contribution in [2.24, 2.45) is 0 Å². The summed E-state index contributed by atoms with van der Waals surface area (Å²) in [6.45, 7) is 4.86. The van der Waals surface area contributed by atoms with Crippen LogP contribution in [0.3, 0.4) is 0 Å². The maximum Gasteiger partial charge on any atom is 0.154 e. The van der Waals surface area contributed by atoms with E-state index >= 15 is 0 Å². The highest BCUT2D eigenvalue weighted by Crippen LogP contribution is 2.19. The zero-order valence-electron chi connectivity index (χ0n) is 9.54. The van der Waals surface area contributed by atoms with Gasteiger partial charge in [-0.25, -0.2) is 9.50 Å². The number of nitrogens with zero attached hydrogens (tertiary/aromatic N) is 4. The van der Waals surface area contributed by atoms with Crippen molar-refractivity contribution >= 4 is 11.3 Å². The van der Waals surface area contributed by atoms with Gasteiger partial charge in [0.15, 0.2) is 5.82 Å². The molecule has 0 aliphatic rings. The fraction of sp³-hybridized carbons (Fsp3) is 0.455. The van der Waals surface area contributed by atoms with Crippen molar-refractivity contribution < 1.29 is 5.11 Å². The van der Waals surface area contributed by atoms with Crippen LogP contribution in [0.4, 0.5) is 5.82 Å². The Kier molecular flexibility index (Phi) is 3.05. The van der Waals surface area contributed by atoms with Gasteiger partial charge in [-0.15, -0.1) is 0 Å². The number of rotatable bonds is 4. The first kappa shape index (κ1) is 10.9. The normalized spacial score (nSPS) is 11.2. The Labute approximate surface area is 94.3 Å². The van der Waals surface area contributed by atoms with Gasteiger partial charge in [0.25, 0.3) is 0 Å². The van der Waals surface area contributed by atoms with Crippen molar-refractivity contribution in [3.63, 3.8) is 0 Å². The van der Waals surface area contributed by atoms with Crippen LogP contribution in [0.2, 0.25) is 0 Å². The van der Waals surface area contributed by atoms with Crippen molar-refractivity contribution in [1.29, 1.82) is 0 Å². The molecule has 0 aliphatic carbocycles. The summed E-state index contributed by atoms with van der Waals surface area (Å²) >= 11 is 0. The van der Waals surface area contributed by atoms with E-state index in [0.29, 0.717) is 12.6 Å². The summed E-state index contributed by atoms with van der Waals surface area (Å²) in [5.41, 5.74) is 0.963. The molecule has 0 saturated heterocycles. The van der Waals surface area contributed by atoms with Crippen LogP contribution in [0.1, 0.15) is 13.8 Å². The number of fused-ring (bicyclic) bond motifs is 1. The molecule has 2 aromatic rings. The lowest BCUT2D eigenvalue weighted by Gasteiger charge is -2.27. The van der Waals surface area contributed by atoms with E-state index in [-0.39, 0.29) is 6.61 Å². The van der Waals surface area contributed by atoms with Crippen molar-refractivity contribution in [2.75, 3.05) is 18.1 Å². The number of hydrogen-bond donors (Lipinski definition) is 1. The summed E-state index contributed by atoms with van der Waals surface area (Å²) in [5, 5.41) is 13.2. The minimum Gasteiger partial charge on any atom is -0.395 e. The summed E-state index contributed by atoms with van der Waals surface area (Å²) in [4.78, 5) is 6.44. The van der Waals surface area contributed by atoms with Gasteiger partial charge in [0.2, 0.25) is 0 Å². The van der Waals surface area contributed by atoms with Crippen molar-refractivity contribution in [1.82, 2.24) is 14.6 Å². The van der Waals surface area contributed by atoms with Crippen LogP contribution in [0.25, 0.3) is 5.52 Å². The SMILES string of the molecule is CC(C)N(CCO)c1nccn2nccc12. The van der Waals surface area contributed by atoms with E-state index in [2.05, 4.69) is 28.8 Å². The Hall–Kier alpha value is -1.62. The summed E-state index contributed by atoms with van der Waals surface area (Å²) in [7, 11) is 0. The molecule has 2 heterocycles. The highest BCUT2D eigenvalue weighted by Gasteiger charge is 2.14. The van der Waals surface area contributed by atoms with Gasteiger partial charge >= 0.3 is 0 Å². The molecule has 2 rings (SSSR count). The molecule has 0 fully saturated rings. The Morgan fingerprint density at radius 2 is 2.25 bits per heavy atom. The fourth-order valence-electron chi connectivity index (χ4n) is 1.78. The van der Waals surface area contributed by atoms with Crippen molar-refractivity contribution in [3.05, 3.63) is 24.7 Å². The average Bonchev–Trinajstić information content (AvgIpc) is 2.73. The van der Waals surface area contributed by atoms with Crippen LogP contribution in [-0.4, -0.2) is 38.9 Å². The molecule has 0 atom stereocenters. The molecule has 0 spiro atoms. The molecule has 0 aromatic carbocycles. The summed E-state index contributed by atoms with van der Waals surface area (Å²) in [6, 6.07) is 2.22. The molecule has 1 N–H and O–H groups in total. The molecule has 0 radical (unpaired) electrons. The molecule has 86 valence electrons. The minimum absolute atomic E-state index is 0.120. The van der Waals surface area contributed by atoms with Crippen LogP contribution in [0, 0.1) is 0 Å². The van der Waals surface area contributed by atoms with Crippen LogP contribution < -0.4 is 4.90 Å². The molecular weight excluding hydrogens is 204 g/mol. The Morgan fingerprint density at radius 1 is 1.44 bits per heavy atom. The minimum atomic E-state index is 0.120. The number of aliphatic hydroxyl groups excluding tert-OH is 1. The highest BCUT2D eigenvalue weighted by molar-refractivity contribution is 5.68. The Balaban J connectivity index is 2.47. The summed E-state index contributed by atoms with van der Waals surface area (Å²) in [6.07, 6.45) is 5.29. The first-order valence-corrected chi connectivity index (χ1v) is 5.40. The lowest BCUT2D eigenvalue weighted by atomic mass is 10.3. The highest BCUT2D eigenvalue weighted by atomic mass is 16.3. The van der Waals surface area contributed by atoms with E-state index in [0.717, 1.165) is 11.3 Å². The van der Waals surface area contributed by atoms with Crippen LogP contribution >= 0.6 is 0 Å². The summed E-state index contributed by atoms with van der Waals surface area (Å²) in [5.74, 6) is 0.865. The third kappa shape index (κ3) is 1.86. The number of hydrogen-bond acceptors (Lipinski definition) is 4. The molecule has 0 saturated carbocycles. The topological polar surface area (TPSA) is 53.7 Å². The van der Waals surface area contributed by atoms with Gasteiger partial charge in [-0.05, 0) is 19.9 Å². The van der Waals surface area contributed by atoms with Gasteiger partial charge in [0.05, 0.1) is 12.8 Å². The smallest absolute Gasteiger partial charge is 0.154 e. The largest absolute Gasteiger partial charge is 0.395 e. The van der Waals surface area contributed by atoms with E-state index in [1.165, 1.54) is 0 Å². The average molecular weight is 220 g/mol. The predicted octanol–water partition coefficient (Wildman–Crippen LogP) is 0.936. The molecule has 2 aromatic heterocycles. The van der Waals surface area contributed by atoms with Gasteiger partial charge in [-0.3, -0.25) is 0 Å². The number of aromatic nitrogens is 3. The van der Waals surface area contributed by atoms with Crippen molar-refractivity contribution in [3.8, 4) is 0 Å². The molecule has 5 heteroatoms. The first-order chi connectivity index (χ1) is 7.74. The molecule has 0 unspecified atom stereocenters. The predicted molar refractivity (Wildman–Crippen MR) is 62.6 cm³/mol. The zero-order valence-corrected chi connectivity index (χ0v) is 9.54. The zero-order chi connectivity index (χ0) is 11.5. The van der Waals surface area contributed by atoms with E-state index in [4.69, 9.17) is 5.11 Å². The third-order valence-electron chi connectivity index (χ3n) is 2.54. The van der Waals surface area contributed by atoms with Gasteiger partial charge < -0.3 is 10.0 Å². The lowest BCUT2D eigenvalue weighted by Crippen LogP contribution is -2.34. The number of aliphatic hydroxyl groups is 1. The Morgan fingerprint density at radius 3 is 2.94 bits per heavy atom. The standard InChI is InChI=1S/C11H16N4O/c1-9(2)14(7-8-16)11-10-3-4-13-15(10)6-5-12-11/h3-6,9,16H,7-8H2,1-2H3. The maximum absolute atomic E-state index is 9.08. The second-order valence-corrected chi connectivity index (χ2v) is 3.92. The molecular formula is C11H16N4O. The summed E-state index contributed by atoms with van der Waals surface area (Å²) < 4.78 is 1.79. The second kappa shape index (κ2) is 4.49. The van der Waals surface area contributed by atoms with Gasteiger partial charge in [-0.1, -0.05) is 0 Å². The second-order valence-electron chi connectivity index (χ2n) is 3.92. The van der Waals surface area contributed by atoms with Gasteiger partial charge in [0, 0.05) is 25.0 Å². The molecule has 5 nitrogen and oxygen atoms in total. The lowest BCUT2D eigenvalue weighted by molar-refractivity contribution is 0.298. The van der Waals surface area contributed by atoms with E-state index in [1.807, 2.05) is 12.3 Å². The van der Waals surface area contributed by atoms with Crippen LogP contribution in [0.5, 0.6) is 0 Å². The monoisotopic (exact) mass is 220 g/mol. The Bertz CT molecular complexity index is 466. The fourth-order valence-corrected chi connectivity index (χ4v) is 1.78. The maximum atomic E-state index is 9.08. The van der Waals surface area contributed by atoms with E-state index in [9.17, 15) is 0 Å². The molecule has 16 heavy (non-hydrogen) atoms.